The summed E-state index contributed by atoms with van der Waals surface area (Å²) in [6.07, 6.45) is 18.8. The summed E-state index contributed by atoms with van der Waals surface area (Å²) in [6, 6.07) is 19.6. The molecule has 0 aromatic heterocycles. The summed E-state index contributed by atoms with van der Waals surface area (Å²) in [5.74, 6) is -1.78. The number of unbranched alkanes of at least 4 members (excludes halogenated alkanes) is 12. The summed E-state index contributed by atoms with van der Waals surface area (Å²) in [4.78, 5) is 0. The van der Waals surface area contributed by atoms with Crippen LogP contribution in [0.3, 0.4) is 0 Å². The van der Waals surface area contributed by atoms with Gasteiger partial charge in [-0.3, -0.25) is 0 Å². The first-order chi connectivity index (χ1) is 19.1. The smallest absolute Gasteiger partial charge is 0.201 e. The predicted octanol–water partition coefficient (Wildman–Crippen LogP) is 11.7. The van der Waals surface area contributed by atoms with Crippen LogP contribution in [-0.2, 0) is 6.42 Å². The molecule has 0 aliphatic rings. The Morgan fingerprint density at radius 2 is 0.974 bits per heavy atom. The minimum Gasteiger partial charge on any atom is -0.490 e. The van der Waals surface area contributed by atoms with Crippen LogP contribution in [0.5, 0.6) is 5.75 Å². The Balaban J connectivity index is 1.45. The van der Waals surface area contributed by atoms with Gasteiger partial charge in [-0.05, 0) is 53.6 Å². The summed E-state index contributed by atoms with van der Waals surface area (Å²) in [6.45, 7) is 4.81. The third kappa shape index (κ3) is 10.4. The first-order valence-electron chi connectivity index (χ1n) is 15.4. The van der Waals surface area contributed by atoms with Crippen molar-refractivity contribution in [3.05, 3.63) is 77.9 Å². The highest BCUT2D eigenvalue weighted by molar-refractivity contribution is 5.71. The largest absolute Gasteiger partial charge is 0.490 e. The Morgan fingerprint density at radius 3 is 1.56 bits per heavy atom. The van der Waals surface area contributed by atoms with Gasteiger partial charge in [0, 0.05) is 5.56 Å². The maximum Gasteiger partial charge on any atom is 0.201 e. The van der Waals surface area contributed by atoms with E-state index in [-0.39, 0.29) is 11.3 Å². The second kappa shape index (κ2) is 17.8. The van der Waals surface area contributed by atoms with E-state index in [1.165, 1.54) is 75.8 Å². The summed E-state index contributed by atoms with van der Waals surface area (Å²) in [5, 5.41) is 0. The van der Waals surface area contributed by atoms with Gasteiger partial charge >= 0.3 is 0 Å². The van der Waals surface area contributed by atoms with Gasteiger partial charge in [0.15, 0.2) is 11.6 Å². The highest BCUT2D eigenvalue weighted by atomic mass is 19.2. The Labute approximate surface area is 236 Å². The van der Waals surface area contributed by atoms with Crippen LogP contribution < -0.4 is 4.74 Å². The van der Waals surface area contributed by atoms with E-state index in [2.05, 4.69) is 38.1 Å². The molecule has 0 N–H and O–H groups in total. The van der Waals surface area contributed by atoms with Crippen LogP contribution in [0.25, 0.3) is 22.3 Å². The number of aryl methyl sites for hydroxylation is 1. The normalized spacial score (nSPS) is 11.2. The molecule has 0 heterocycles. The molecule has 1 nitrogen and oxygen atoms in total. The van der Waals surface area contributed by atoms with Gasteiger partial charge in [-0.2, -0.15) is 4.39 Å². The summed E-state index contributed by atoms with van der Waals surface area (Å²) < 4.78 is 34.9. The lowest BCUT2D eigenvalue weighted by Crippen LogP contribution is -2.01. The molecule has 3 heteroatoms. The number of rotatable bonds is 19. The Morgan fingerprint density at radius 1 is 0.487 bits per heavy atom. The zero-order chi connectivity index (χ0) is 27.7. The van der Waals surface area contributed by atoms with E-state index in [4.69, 9.17) is 4.74 Å². The molecule has 0 atom stereocenters. The van der Waals surface area contributed by atoms with E-state index in [0.717, 1.165) is 43.2 Å². The van der Waals surface area contributed by atoms with Crippen LogP contribution in [0, 0.1) is 11.6 Å². The van der Waals surface area contributed by atoms with Crippen molar-refractivity contribution < 1.29 is 13.5 Å². The molecule has 3 rings (SSSR count). The van der Waals surface area contributed by atoms with E-state index in [0.29, 0.717) is 12.2 Å². The van der Waals surface area contributed by atoms with Crippen LogP contribution in [-0.4, -0.2) is 6.61 Å². The van der Waals surface area contributed by atoms with Crippen molar-refractivity contribution in [1.29, 1.82) is 0 Å². The van der Waals surface area contributed by atoms with Gasteiger partial charge in [-0.25, -0.2) is 4.39 Å². The molecular weight excluding hydrogens is 486 g/mol. The Hall–Kier alpha value is -2.68. The number of benzene rings is 3. The number of ether oxygens (including phenoxy) is 1. The summed E-state index contributed by atoms with van der Waals surface area (Å²) in [5.41, 5.74) is 4.48. The molecule has 212 valence electrons. The lowest BCUT2D eigenvalue weighted by molar-refractivity contribution is 0.285. The van der Waals surface area contributed by atoms with Crippen molar-refractivity contribution in [2.75, 3.05) is 6.61 Å². The standard InChI is InChI=1S/C36H48F2O/c1-3-5-7-9-10-11-12-13-14-15-17-29-18-20-30(21-19-29)31-22-24-32(25-23-31)33-26-27-34(36(38)35(33)37)39-28-16-8-6-4-2/h18-27H,3-17,28H2,1-2H3. The third-order valence-corrected chi connectivity index (χ3v) is 7.60. The predicted molar refractivity (Wildman–Crippen MR) is 162 cm³/mol. The van der Waals surface area contributed by atoms with Gasteiger partial charge < -0.3 is 4.74 Å². The fourth-order valence-electron chi connectivity index (χ4n) is 5.10. The number of hydrogen-bond donors (Lipinski definition) is 0. The Bertz CT molecular complexity index is 1070. The van der Waals surface area contributed by atoms with E-state index >= 15 is 0 Å². The van der Waals surface area contributed by atoms with Crippen molar-refractivity contribution in [3.8, 4) is 28.0 Å². The van der Waals surface area contributed by atoms with Gasteiger partial charge in [0.25, 0.3) is 0 Å². The van der Waals surface area contributed by atoms with Crippen LogP contribution in [0.4, 0.5) is 8.78 Å². The molecule has 0 unspecified atom stereocenters. The molecule has 0 saturated carbocycles. The molecule has 0 fully saturated rings. The van der Waals surface area contributed by atoms with Gasteiger partial charge in [0.1, 0.15) is 0 Å². The van der Waals surface area contributed by atoms with Gasteiger partial charge in [0.2, 0.25) is 5.82 Å². The molecule has 39 heavy (non-hydrogen) atoms. The highest BCUT2D eigenvalue weighted by Crippen LogP contribution is 2.31. The molecule has 0 saturated heterocycles. The van der Waals surface area contributed by atoms with Crippen molar-refractivity contribution in [2.24, 2.45) is 0 Å². The highest BCUT2D eigenvalue weighted by Gasteiger charge is 2.16. The minimum absolute atomic E-state index is 0.0118. The lowest BCUT2D eigenvalue weighted by atomic mass is 9.98. The topological polar surface area (TPSA) is 9.23 Å². The maximum atomic E-state index is 14.8. The first-order valence-corrected chi connectivity index (χ1v) is 15.4. The zero-order valence-electron chi connectivity index (χ0n) is 24.3. The fourth-order valence-corrected chi connectivity index (χ4v) is 5.10. The second-order valence-corrected chi connectivity index (χ2v) is 10.9. The minimum atomic E-state index is -0.912. The quantitative estimate of drug-likeness (QED) is 0.139. The molecule has 0 spiro atoms. The molecular formula is C36H48F2O. The molecule has 3 aromatic carbocycles. The maximum absolute atomic E-state index is 14.8. The van der Waals surface area contributed by atoms with E-state index in [1.807, 2.05) is 24.3 Å². The Kier molecular flexibility index (Phi) is 14.1. The van der Waals surface area contributed by atoms with Crippen molar-refractivity contribution in [2.45, 2.75) is 110 Å². The SMILES string of the molecule is CCCCCCCCCCCCc1ccc(-c2ccc(-c3ccc(OCCCCCC)c(F)c3F)cc2)cc1. The van der Waals surface area contributed by atoms with Gasteiger partial charge in [-0.1, -0.05) is 139 Å². The molecule has 0 aliphatic carbocycles. The van der Waals surface area contributed by atoms with Crippen LogP contribution >= 0.6 is 0 Å². The average Bonchev–Trinajstić information content (AvgIpc) is 2.96. The van der Waals surface area contributed by atoms with E-state index in [9.17, 15) is 8.78 Å². The number of hydrogen-bond acceptors (Lipinski definition) is 1. The summed E-state index contributed by atoms with van der Waals surface area (Å²) >= 11 is 0. The molecule has 0 amide bonds. The summed E-state index contributed by atoms with van der Waals surface area (Å²) in [7, 11) is 0. The van der Waals surface area contributed by atoms with Crippen LogP contribution in [0.2, 0.25) is 0 Å². The number of halogens is 2. The van der Waals surface area contributed by atoms with Gasteiger partial charge in [-0.15, -0.1) is 0 Å². The zero-order valence-corrected chi connectivity index (χ0v) is 24.3. The molecule has 0 aliphatic heterocycles. The monoisotopic (exact) mass is 534 g/mol. The lowest BCUT2D eigenvalue weighted by Gasteiger charge is -2.11. The molecule has 0 radical (unpaired) electrons. The second-order valence-electron chi connectivity index (χ2n) is 10.9. The average molecular weight is 535 g/mol. The van der Waals surface area contributed by atoms with E-state index in [1.54, 1.807) is 6.07 Å². The van der Waals surface area contributed by atoms with Crippen molar-refractivity contribution in [1.82, 2.24) is 0 Å². The van der Waals surface area contributed by atoms with Crippen LogP contribution in [0.1, 0.15) is 109 Å². The molecule has 0 bridgehead atoms. The van der Waals surface area contributed by atoms with E-state index < -0.39 is 11.6 Å². The van der Waals surface area contributed by atoms with Crippen molar-refractivity contribution >= 4 is 0 Å². The molecule has 3 aromatic rings. The fraction of sp³-hybridized carbons (Fsp3) is 0.500. The first kappa shape index (κ1) is 30.9. The van der Waals surface area contributed by atoms with Crippen LogP contribution in [0.15, 0.2) is 60.7 Å². The third-order valence-electron chi connectivity index (χ3n) is 7.60. The van der Waals surface area contributed by atoms with Gasteiger partial charge in [0.05, 0.1) is 6.61 Å². The van der Waals surface area contributed by atoms with Crippen molar-refractivity contribution in [3.63, 3.8) is 0 Å².